The minimum absolute atomic E-state index is 0.653. The van der Waals surface area contributed by atoms with Crippen LogP contribution in [-0.4, -0.2) is 9.97 Å². The number of furan rings is 1. The van der Waals surface area contributed by atoms with Gasteiger partial charge in [0.15, 0.2) is 5.82 Å². The first-order valence-corrected chi connectivity index (χ1v) is 15.8. The molecule has 9 aromatic rings. The number of fused-ring (bicyclic) bond motifs is 4. The standard InChI is InChI=1S/C44H28N2O/c1-3-13-31(14-4-1)39-28-40(32-15-5-2-6-16-32)46-44(45-39)38-27-26-37-36-19-9-10-21-41(36)47-43(37)42(38)33-24-22-30(23-25-33)35-20-11-17-29-12-7-8-18-34(29)35/h1-28H. The molecule has 7 aromatic carbocycles. The molecule has 220 valence electrons. The summed E-state index contributed by atoms with van der Waals surface area (Å²) in [6, 6.07) is 59.0. The van der Waals surface area contributed by atoms with Crippen LogP contribution in [-0.2, 0) is 0 Å². The second kappa shape index (κ2) is 11.2. The summed E-state index contributed by atoms with van der Waals surface area (Å²) in [4.78, 5) is 10.4. The molecule has 47 heavy (non-hydrogen) atoms. The highest BCUT2D eigenvalue weighted by molar-refractivity contribution is 6.12. The molecule has 0 aliphatic carbocycles. The molecule has 0 saturated carbocycles. The first-order chi connectivity index (χ1) is 23.3. The minimum Gasteiger partial charge on any atom is -0.455 e. The summed E-state index contributed by atoms with van der Waals surface area (Å²) in [5.41, 5.74) is 10.8. The fraction of sp³-hybridized carbons (Fsp3) is 0. The maximum Gasteiger partial charge on any atom is 0.161 e. The van der Waals surface area contributed by atoms with Gasteiger partial charge in [-0.1, -0.05) is 146 Å². The lowest BCUT2D eigenvalue weighted by molar-refractivity contribution is 0.670. The molecule has 0 unspecified atom stereocenters. The fourth-order valence-electron chi connectivity index (χ4n) is 6.64. The van der Waals surface area contributed by atoms with Crippen molar-refractivity contribution in [2.75, 3.05) is 0 Å². The zero-order chi connectivity index (χ0) is 31.2. The molecule has 2 heterocycles. The molecule has 0 spiro atoms. The Hall–Kier alpha value is -6.32. The Labute approximate surface area is 272 Å². The molecule has 9 rings (SSSR count). The van der Waals surface area contributed by atoms with Crippen LogP contribution in [0, 0.1) is 0 Å². The Balaban J connectivity index is 1.28. The van der Waals surface area contributed by atoms with Crippen LogP contribution in [0.3, 0.4) is 0 Å². The van der Waals surface area contributed by atoms with Crippen LogP contribution in [0.4, 0.5) is 0 Å². The van der Waals surface area contributed by atoms with Crippen molar-refractivity contribution in [1.29, 1.82) is 0 Å². The lowest BCUT2D eigenvalue weighted by atomic mass is 9.93. The minimum atomic E-state index is 0.653. The van der Waals surface area contributed by atoms with E-state index in [4.69, 9.17) is 14.4 Å². The normalized spacial score (nSPS) is 11.4. The van der Waals surface area contributed by atoms with Crippen molar-refractivity contribution in [3.05, 3.63) is 170 Å². The van der Waals surface area contributed by atoms with Gasteiger partial charge < -0.3 is 4.42 Å². The Morgan fingerprint density at radius 3 is 1.70 bits per heavy atom. The van der Waals surface area contributed by atoms with E-state index < -0.39 is 0 Å². The van der Waals surface area contributed by atoms with Gasteiger partial charge in [-0.15, -0.1) is 0 Å². The highest BCUT2D eigenvalue weighted by Gasteiger charge is 2.21. The average Bonchev–Trinajstić information content (AvgIpc) is 3.54. The number of hydrogen-bond acceptors (Lipinski definition) is 3. The third kappa shape index (κ3) is 4.77. The average molecular weight is 601 g/mol. The summed E-state index contributed by atoms with van der Waals surface area (Å²) >= 11 is 0. The summed E-state index contributed by atoms with van der Waals surface area (Å²) in [5, 5.41) is 4.63. The number of nitrogens with zero attached hydrogens (tertiary/aromatic N) is 2. The second-order valence-electron chi connectivity index (χ2n) is 11.8. The molecule has 0 saturated heterocycles. The first kappa shape index (κ1) is 27.0. The van der Waals surface area contributed by atoms with Crippen molar-refractivity contribution in [1.82, 2.24) is 9.97 Å². The predicted octanol–water partition coefficient (Wildman–Crippen LogP) is 11.9. The van der Waals surface area contributed by atoms with E-state index in [2.05, 4.69) is 121 Å². The van der Waals surface area contributed by atoms with Crippen LogP contribution in [0.5, 0.6) is 0 Å². The van der Waals surface area contributed by atoms with Crippen molar-refractivity contribution < 1.29 is 4.42 Å². The van der Waals surface area contributed by atoms with E-state index in [1.807, 2.05) is 48.5 Å². The van der Waals surface area contributed by atoms with Gasteiger partial charge in [-0.2, -0.15) is 0 Å². The van der Waals surface area contributed by atoms with Crippen molar-refractivity contribution in [3.63, 3.8) is 0 Å². The molecule has 0 bridgehead atoms. The van der Waals surface area contributed by atoms with E-state index >= 15 is 0 Å². The Bertz CT molecular complexity index is 2490. The molecular weight excluding hydrogens is 572 g/mol. The number of benzene rings is 7. The molecule has 0 aliphatic rings. The van der Waals surface area contributed by atoms with Crippen molar-refractivity contribution in [2.45, 2.75) is 0 Å². The molecule has 3 heteroatoms. The zero-order valence-corrected chi connectivity index (χ0v) is 25.5. The van der Waals surface area contributed by atoms with Crippen LogP contribution >= 0.6 is 0 Å². The van der Waals surface area contributed by atoms with E-state index in [1.165, 1.54) is 16.3 Å². The Morgan fingerprint density at radius 2 is 0.979 bits per heavy atom. The van der Waals surface area contributed by atoms with Crippen molar-refractivity contribution in [2.24, 2.45) is 0 Å². The van der Waals surface area contributed by atoms with Crippen LogP contribution in [0.2, 0.25) is 0 Å². The monoisotopic (exact) mass is 600 g/mol. The van der Waals surface area contributed by atoms with Crippen LogP contribution < -0.4 is 0 Å². The largest absolute Gasteiger partial charge is 0.455 e. The number of rotatable bonds is 5. The van der Waals surface area contributed by atoms with E-state index in [0.29, 0.717) is 5.82 Å². The molecule has 0 amide bonds. The molecule has 0 radical (unpaired) electrons. The molecular formula is C44H28N2O. The number of aromatic nitrogens is 2. The molecule has 2 aromatic heterocycles. The summed E-state index contributed by atoms with van der Waals surface area (Å²) in [7, 11) is 0. The quantitative estimate of drug-likeness (QED) is 0.197. The Kier molecular flexibility index (Phi) is 6.46. The second-order valence-corrected chi connectivity index (χ2v) is 11.8. The fourth-order valence-corrected chi connectivity index (χ4v) is 6.64. The van der Waals surface area contributed by atoms with Gasteiger partial charge in [0.2, 0.25) is 0 Å². The third-order valence-electron chi connectivity index (χ3n) is 8.93. The number of para-hydroxylation sites is 1. The van der Waals surface area contributed by atoms with Crippen LogP contribution in [0.15, 0.2) is 174 Å². The highest BCUT2D eigenvalue weighted by Crippen LogP contribution is 2.43. The van der Waals surface area contributed by atoms with E-state index in [-0.39, 0.29) is 0 Å². The van der Waals surface area contributed by atoms with Gasteiger partial charge in [0.05, 0.1) is 11.4 Å². The zero-order valence-electron chi connectivity index (χ0n) is 25.5. The lowest BCUT2D eigenvalue weighted by Crippen LogP contribution is -1.97. The predicted molar refractivity (Wildman–Crippen MR) is 194 cm³/mol. The molecule has 0 fully saturated rings. The van der Waals surface area contributed by atoms with E-state index in [1.54, 1.807) is 0 Å². The summed E-state index contributed by atoms with van der Waals surface area (Å²) < 4.78 is 6.65. The first-order valence-electron chi connectivity index (χ1n) is 15.8. The number of hydrogen-bond donors (Lipinski definition) is 0. The van der Waals surface area contributed by atoms with Gasteiger partial charge in [-0.25, -0.2) is 9.97 Å². The van der Waals surface area contributed by atoms with Gasteiger partial charge >= 0.3 is 0 Å². The summed E-state index contributed by atoms with van der Waals surface area (Å²) in [6.07, 6.45) is 0. The van der Waals surface area contributed by atoms with Gasteiger partial charge in [-0.3, -0.25) is 0 Å². The van der Waals surface area contributed by atoms with Crippen molar-refractivity contribution >= 4 is 32.7 Å². The molecule has 3 nitrogen and oxygen atoms in total. The highest BCUT2D eigenvalue weighted by atomic mass is 16.3. The van der Waals surface area contributed by atoms with Crippen LogP contribution in [0.1, 0.15) is 0 Å². The maximum atomic E-state index is 6.65. The van der Waals surface area contributed by atoms with Gasteiger partial charge in [0.1, 0.15) is 11.2 Å². The van der Waals surface area contributed by atoms with Crippen LogP contribution in [0.25, 0.3) is 88.9 Å². The van der Waals surface area contributed by atoms with Gasteiger partial charge in [0, 0.05) is 33.0 Å². The molecule has 0 aliphatic heterocycles. The third-order valence-corrected chi connectivity index (χ3v) is 8.93. The SMILES string of the molecule is c1ccc(-c2cc(-c3ccccc3)nc(-c3ccc4c(oc5ccccc54)c3-c3ccc(-c4cccc5ccccc45)cc3)n2)cc1. The Morgan fingerprint density at radius 1 is 0.383 bits per heavy atom. The topological polar surface area (TPSA) is 38.9 Å². The van der Waals surface area contributed by atoms with E-state index in [9.17, 15) is 0 Å². The lowest BCUT2D eigenvalue weighted by Gasteiger charge is -2.14. The molecule has 0 atom stereocenters. The van der Waals surface area contributed by atoms with E-state index in [0.717, 1.165) is 66.7 Å². The maximum absolute atomic E-state index is 6.65. The van der Waals surface area contributed by atoms with Crippen molar-refractivity contribution in [3.8, 4) is 56.2 Å². The van der Waals surface area contributed by atoms with Gasteiger partial charge in [0.25, 0.3) is 0 Å². The summed E-state index contributed by atoms with van der Waals surface area (Å²) in [5.74, 6) is 0.653. The molecule has 0 N–H and O–H groups in total. The summed E-state index contributed by atoms with van der Waals surface area (Å²) in [6.45, 7) is 0. The van der Waals surface area contributed by atoms with Gasteiger partial charge in [-0.05, 0) is 51.7 Å². The smallest absolute Gasteiger partial charge is 0.161 e.